The Morgan fingerprint density at radius 1 is 1.06 bits per heavy atom. The van der Waals surface area contributed by atoms with Gasteiger partial charge in [-0.05, 0) is 69.8 Å². The Labute approximate surface area is 197 Å². The van der Waals surface area contributed by atoms with Crippen LogP contribution in [0.15, 0.2) is 11.1 Å². The Bertz CT molecular complexity index is 1080. The molecule has 0 bridgehead atoms. The Morgan fingerprint density at radius 2 is 1.91 bits per heavy atom. The van der Waals surface area contributed by atoms with E-state index >= 15 is 0 Å². The van der Waals surface area contributed by atoms with Crippen molar-refractivity contribution in [2.24, 2.45) is 0 Å². The lowest BCUT2D eigenvalue weighted by molar-refractivity contribution is 0.143. The summed E-state index contributed by atoms with van der Waals surface area (Å²) in [5, 5.41) is 13.5. The highest BCUT2D eigenvalue weighted by Gasteiger charge is 2.38. The summed E-state index contributed by atoms with van der Waals surface area (Å²) in [5.41, 5.74) is 3.11. The second-order valence-electron chi connectivity index (χ2n) is 10.0. The van der Waals surface area contributed by atoms with E-state index in [1.165, 1.54) is 11.3 Å². The van der Waals surface area contributed by atoms with Gasteiger partial charge >= 0.3 is 0 Å². The quantitative estimate of drug-likeness (QED) is 0.690. The summed E-state index contributed by atoms with van der Waals surface area (Å²) in [6.45, 7) is 1.79. The maximum atomic E-state index is 13.1. The van der Waals surface area contributed by atoms with Crippen molar-refractivity contribution in [3.8, 4) is 0 Å². The largest absolute Gasteiger partial charge is 0.394 e. The van der Waals surface area contributed by atoms with Gasteiger partial charge in [-0.15, -0.1) is 0 Å². The highest BCUT2D eigenvalue weighted by Crippen LogP contribution is 2.38. The number of hydrogen-bond donors (Lipinski definition) is 2. The number of nitrogens with one attached hydrogen (secondary N) is 1. The van der Waals surface area contributed by atoms with Crippen LogP contribution in [0.1, 0.15) is 73.6 Å². The second-order valence-corrected chi connectivity index (χ2v) is 11.5. The van der Waals surface area contributed by atoms with E-state index in [4.69, 9.17) is 15.0 Å². The molecule has 33 heavy (non-hydrogen) atoms. The molecule has 1 atom stereocenters. The first-order chi connectivity index (χ1) is 16.1. The van der Waals surface area contributed by atoms with Crippen LogP contribution in [-0.2, 0) is 30.1 Å². The lowest BCUT2D eigenvalue weighted by Gasteiger charge is -2.42. The fourth-order valence-electron chi connectivity index (χ4n) is 5.42. The third kappa shape index (κ3) is 3.93. The molecule has 4 aliphatic rings. The number of aryl methyl sites for hydroxylation is 3. The molecule has 8 nitrogen and oxygen atoms in total. The van der Waals surface area contributed by atoms with Gasteiger partial charge in [0.15, 0.2) is 0 Å². The predicted molar refractivity (Wildman–Crippen MR) is 127 cm³/mol. The Balaban J connectivity index is 1.25. The molecule has 4 heterocycles. The summed E-state index contributed by atoms with van der Waals surface area (Å²) in [6, 6.07) is 0. The zero-order valence-electron chi connectivity index (χ0n) is 19.1. The summed E-state index contributed by atoms with van der Waals surface area (Å²) in [4.78, 5) is 22.3. The van der Waals surface area contributed by atoms with Crippen molar-refractivity contribution in [1.29, 1.82) is 0 Å². The van der Waals surface area contributed by atoms with Gasteiger partial charge < -0.3 is 15.3 Å². The zero-order chi connectivity index (χ0) is 22.4. The van der Waals surface area contributed by atoms with E-state index in [2.05, 4.69) is 15.2 Å². The van der Waals surface area contributed by atoms with Crippen molar-refractivity contribution in [1.82, 2.24) is 19.9 Å². The van der Waals surface area contributed by atoms with E-state index in [0.717, 1.165) is 99.7 Å². The molecule has 2 aromatic rings. The summed E-state index contributed by atoms with van der Waals surface area (Å²) in [5.74, 6) is 3.42. The van der Waals surface area contributed by atoms with Crippen molar-refractivity contribution in [2.45, 2.75) is 80.6 Å². The van der Waals surface area contributed by atoms with Gasteiger partial charge in [-0.2, -0.15) is 4.98 Å². The molecule has 0 unspecified atom stereocenters. The van der Waals surface area contributed by atoms with Gasteiger partial charge in [0.25, 0.3) is 0 Å². The standard InChI is InChI=1S/C24H32N6O2S/c31-15-24(9-3-10-24)29-22-20-19(4-1-2-13-33(20)32)27-23(28-22)30-11-7-16(8-12-30)21-25-14-17-5-6-18(17)26-21/h14,16,31H,1-13,15H2,(H,27,28,29)/t33-/m1/s1. The topological polar surface area (TPSA) is 104 Å². The number of aliphatic hydroxyl groups excluding tert-OH is 1. The van der Waals surface area contributed by atoms with E-state index < -0.39 is 10.8 Å². The monoisotopic (exact) mass is 468 g/mol. The van der Waals surface area contributed by atoms with E-state index in [-0.39, 0.29) is 12.1 Å². The SMILES string of the molecule is O=[S@@]1CCCCc2nc(N3CCC(c4ncc5c(n4)CC5)CC3)nc(NC3(CO)CCC3)c21. The van der Waals surface area contributed by atoms with Crippen LogP contribution < -0.4 is 10.2 Å². The van der Waals surface area contributed by atoms with Crippen LogP contribution >= 0.6 is 0 Å². The third-order valence-electron chi connectivity index (χ3n) is 7.89. The number of nitrogens with zero attached hydrogens (tertiary/aromatic N) is 5. The normalized spacial score (nSPS) is 24.2. The minimum Gasteiger partial charge on any atom is -0.394 e. The second kappa shape index (κ2) is 8.58. The van der Waals surface area contributed by atoms with Gasteiger partial charge in [-0.1, -0.05) is 0 Å². The molecule has 2 N–H and O–H groups in total. The molecular weight excluding hydrogens is 436 g/mol. The van der Waals surface area contributed by atoms with Crippen LogP contribution in [0.3, 0.4) is 0 Å². The Morgan fingerprint density at radius 3 is 2.58 bits per heavy atom. The van der Waals surface area contributed by atoms with Gasteiger partial charge in [0, 0.05) is 36.7 Å². The summed E-state index contributed by atoms with van der Waals surface area (Å²) in [6.07, 6.45) is 11.9. The maximum Gasteiger partial charge on any atom is 0.227 e. The molecule has 2 aliphatic carbocycles. The van der Waals surface area contributed by atoms with Crippen molar-refractivity contribution in [3.63, 3.8) is 0 Å². The molecular formula is C24H32N6O2S. The highest BCUT2D eigenvalue weighted by molar-refractivity contribution is 7.85. The first-order valence-electron chi connectivity index (χ1n) is 12.4. The average Bonchev–Trinajstić information content (AvgIpc) is 2.98. The van der Waals surface area contributed by atoms with Crippen LogP contribution in [0.25, 0.3) is 0 Å². The van der Waals surface area contributed by atoms with Crippen molar-refractivity contribution in [3.05, 3.63) is 29.0 Å². The van der Waals surface area contributed by atoms with Crippen LogP contribution in [0.2, 0.25) is 0 Å². The molecule has 6 rings (SSSR count). The molecule has 0 amide bonds. The predicted octanol–water partition coefficient (Wildman–Crippen LogP) is 2.52. The number of fused-ring (bicyclic) bond motifs is 2. The van der Waals surface area contributed by atoms with Crippen LogP contribution in [0, 0.1) is 0 Å². The molecule has 1 saturated carbocycles. The number of anilines is 2. The fraction of sp³-hybridized carbons (Fsp3) is 0.667. The number of hydrogen-bond acceptors (Lipinski definition) is 8. The van der Waals surface area contributed by atoms with Gasteiger partial charge in [0.05, 0.1) is 28.6 Å². The van der Waals surface area contributed by atoms with Crippen molar-refractivity contribution >= 4 is 22.6 Å². The first-order valence-corrected chi connectivity index (χ1v) is 13.7. The van der Waals surface area contributed by atoms with Crippen LogP contribution in [0.4, 0.5) is 11.8 Å². The average molecular weight is 469 g/mol. The number of piperidine rings is 1. The molecule has 2 aliphatic heterocycles. The van der Waals surface area contributed by atoms with Gasteiger partial charge in [-0.3, -0.25) is 4.21 Å². The molecule has 9 heteroatoms. The van der Waals surface area contributed by atoms with E-state index in [0.29, 0.717) is 17.5 Å². The van der Waals surface area contributed by atoms with E-state index in [1.54, 1.807) is 0 Å². The molecule has 2 fully saturated rings. The number of rotatable bonds is 5. The zero-order valence-corrected chi connectivity index (χ0v) is 19.9. The Kier molecular flexibility index (Phi) is 5.57. The number of aliphatic hydroxyl groups is 1. The molecule has 1 saturated heterocycles. The summed E-state index contributed by atoms with van der Waals surface area (Å²) >= 11 is 0. The van der Waals surface area contributed by atoms with Crippen molar-refractivity contribution in [2.75, 3.05) is 35.7 Å². The molecule has 0 aromatic carbocycles. The van der Waals surface area contributed by atoms with Crippen molar-refractivity contribution < 1.29 is 9.32 Å². The van der Waals surface area contributed by atoms with Crippen LogP contribution in [-0.4, -0.2) is 60.2 Å². The van der Waals surface area contributed by atoms with Gasteiger partial charge in [-0.25, -0.2) is 15.0 Å². The molecule has 2 aromatic heterocycles. The third-order valence-corrected chi connectivity index (χ3v) is 9.43. The lowest BCUT2D eigenvalue weighted by atomic mass is 9.77. The minimum atomic E-state index is -1.11. The minimum absolute atomic E-state index is 0.0694. The summed E-state index contributed by atoms with van der Waals surface area (Å²) in [7, 11) is -1.11. The lowest BCUT2D eigenvalue weighted by Crippen LogP contribution is -2.49. The Hall–Kier alpha value is -2.13. The summed E-state index contributed by atoms with van der Waals surface area (Å²) < 4.78 is 13.1. The first kappa shape index (κ1) is 21.4. The fourth-order valence-corrected chi connectivity index (χ4v) is 6.81. The number of aromatic nitrogens is 4. The van der Waals surface area contributed by atoms with E-state index in [9.17, 15) is 9.32 Å². The van der Waals surface area contributed by atoms with Gasteiger partial charge in [0.2, 0.25) is 5.95 Å². The maximum absolute atomic E-state index is 13.1. The van der Waals surface area contributed by atoms with Crippen LogP contribution in [0.5, 0.6) is 0 Å². The molecule has 176 valence electrons. The smallest absolute Gasteiger partial charge is 0.227 e. The van der Waals surface area contributed by atoms with Gasteiger partial charge in [0.1, 0.15) is 16.5 Å². The molecule has 0 radical (unpaired) electrons. The molecule has 0 spiro atoms. The highest BCUT2D eigenvalue weighted by atomic mass is 32.2. The van der Waals surface area contributed by atoms with E-state index in [1.807, 2.05) is 6.20 Å².